The number of carbonyl (C=O) groups is 1. The average molecular weight is 286 g/mol. The zero-order chi connectivity index (χ0) is 14.9. The highest BCUT2D eigenvalue weighted by atomic mass is 19.3. The Morgan fingerprint density at radius 3 is 2.15 bits per heavy atom. The van der Waals surface area contributed by atoms with Crippen molar-refractivity contribution in [2.24, 2.45) is 0 Å². The summed E-state index contributed by atoms with van der Waals surface area (Å²) in [5.74, 6) is -2.11. The summed E-state index contributed by atoms with van der Waals surface area (Å²) in [6.45, 7) is 0. The Bertz CT molecular complexity index is 667. The molecule has 0 aliphatic heterocycles. The Morgan fingerprint density at radius 2 is 1.65 bits per heavy atom. The predicted molar refractivity (Wildman–Crippen MR) is 62.2 cm³/mol. The third-order valence-electron chi connectivity index (χ3n) is 2.74. The first-order chi connectivity index (χ1) is 9.40. The van der Waals surface area contributed by atoms with Gasteiger partial charge in [0, 0.05) is 5.56 Å². The molecule has 0 atom stereocenters. The van der Waals surface area contributed by atoms with E-state index in [4.69, 9.17) is 0 Å². The number of hydrogen-bond donors (Lipinski definition) is 0. The van der Waals surface area contributed by atoms with Crippen molar-refractivity contribution in [3.05, 3.63) is 59.2 Å². The largest absolute Gasteiger partial charge is 0.332 e. The SMILES string of the molecule is O=C(F)c1ccc(-c2ccc(C(F)F)c(F)c2)c(F)c1. The van der Waals surface area contributed by atoms with E-state index >= 15 is 0 Å². The van der Waals surface area contributed by atoms with E-state index in [0.717, 1.165) is 30.3 Å². The second kappa shape index (κ2) is 5.40. The van der Waals surface area contributed by atoms with Gasteiger partial charge in [-0.2, -0.15) is 4.39 Å². The molecule has 0 N–H and O–H groups in total. The Hall–Kier alpha value is -2.24. The molecule has 0 spiro atoms. The van der Waals surface area contributed by atoms with Gasteiger partial charge in [0.1, 0.15) is 11.6 Å². The zero-order valence-electron chi connectivity index (χ0n) is 9.84. The highest BCUT2D eigenvalue weighted by Crippen LogP contribution is 2.29. The van der Waals surface area contributed by atoms with Crippen molar-refractivity contribution < 1.29 is 26.7 Å². The summed E-state index contributed by atoms with van der Waals surface area (Å²) in [4.78, 5) is 10.4. The van der Waals surface area contributed by atoms with Crippen molar-refractivity contribution >= 4 is 6.04 Å². The molecule has 2 rings (SSSR count). The van der Waals surface area contributed by atoms with Crippen LogP contribution in [0.3, 0.4) is 0 Å². The predicted octanol–water partition coefficient (Wildman–Crippen LogP) is 4.68. The number of halogens is 5. The molecule has 0 aromatic heterocycles. The van der Waals surface area contributed by atoms with Gasteiger partial charge >= 0.3 is 6.04 Å². The molecule has 0 saturated carbocycles. The fourth-order valence-electron chi connectivity index (χ4n) is 1.74. The Balaban J connectivity index is 2.47. The first-order valence-corrected chi connectivity index (χ1v) is 5.47. The van der Waals surface area contributed by atoms with Crippen molar-refractivity contribution in [1.29, 1.82) is 0 Å². The molecular formula is C14H7F5O. The molecule has 2 aromatic rings. The third kappa shape index (κ3) is 2.68. The summed E-state index contributed by atoms with van der Waals surface area (Å²) in [5.41, 5.74) is -1.36. The lowest BCUT2D eigenvalue weighted by Crippen LogP contribution is -1.95. The zero-order valence-corrected chi connectivity index (χ0v) is 9.84. The smallest absolute Gasteiger partial charge is 0.255 e. The quantitative estimate of drug-likeness (QED) is 0.591. The van der Waals surface area contributed by atoms with Gasteiger partial charge in [0.05, 0.1) is 11.1 Å². The normalized spacial score (nSPS) is 10.9. The van der Waals surface area contributed by atoms with Crippen LogP contribution in [-0.4, -0.2) is 6.04 Å². The molecular weight excluding hydrogens is 279 g/mol. The molecule has 0 bridgehead atoms. The first-order valence-electron chi connectivity index (χ1n) is 5.47. The van der Waals surface area contributed by atoms with Gasteiger partial charge in [-0.05, 0) is 29.8 Å². The van der Waals surface area contributed by atoms with Crippen LogP contribution < -0.4 is 0 Å². The lowest BCUT2D eigenvalue weighted by atomic mass is 10.0. The monoisotopic (exact) mass is 286 g/mol. The lowest BCUT2D eigenvalue weighted by molar-refractivity contribution is 0.0835. The van der Waals surface area contributed by atoms with E-state index < -0.39 is 35.2 Å². The second-order valence-electron chi connectivity index (χ2n) is 4.01. The maximum absolute atomic E-state index is 13.7. The van der Waals surface area contributed by atoms with Crippen LogP contribution in [0.5, 0.6) is 0 Å². The highest BCUT2D eigenvalue weighted by molar-refractivity contribution is 5.89. The number of rotatable bonds is 3. The Labute approximate surface area is 110 Å². The topological polar surface area (TPSA) is 17.1 Å². The second-order valence-corrected chi connectivity index (χ2v) is 4.01. The van der Waals surface area contributed by atoms with Crippen LogP contribution in [0.15, 0.2) is 36.4 Å². The van der Waals surface area contributed by atoms with Crippen LogP contribution in [0, 0.1) is 11.6 Å². The summed E-state index contributed by atoms with van der Waals surface area (Å²) in [5, 5.41) is 0. The Kier molecular flexibility index (Phi) is 3.83. The minimum absolute atomic E-state index is 0.0160. The van der Waals surface area contributed by atoms with Gasteiger partial charge in [-0.15, -0.1) is 0 Å². The highest BCUT2D eigenvalue weighted by Gasteiger charge is 2.16. The van der Waals surface area contributed by atoms with Crippen LogP contribution in [-0.2, 0) is 0 Å². The van der Waals surface area contributed by atoms with Gasteiger partial charge in [0.15, 0.2) is 0 Å². The van der Waals surface area contributed by atoms with Crippen molar-refractivity contribution in [3.8, 4) is 11.1 Å². The van der Waals surface area contributed by atoms with Crippen molar-refractivity contribution in [2.75, 3.05) is 0 Å². The molecule has 0 unspecified atom stereocenters. The molecule has 0 saturated heterocycles. The summed E-state index contributed by atoms with van der Waals surface area (Å²) < 4.78 is 64.3. The van der Waals surface area contributed by atoms with Crippen molar-refractivity contribution in [3.63, 3.8) is 0 Å². The van der Waals surface area contributed by atoms with Gasteiger partial charge in [-0.1, -0.05) is 12.1 Å². The van der Waals surface area contributed by atoms with Gasteiger partial charge in [0.25, 0.3) is 6.43 Å². The average Bonchev–Trinajstić information content (AvgIpc) is 2.37. The standard InChI is InChI=1S/C14H7F5O/c15-11-6-8(14(19)20)2-3-9(11)7-1-4-10(13(17)18)12(16)5-7/h1-6,13H. The number of benzene rings is 2. The maximum atomic E-state index is 13.7. The third-order valence-corrected chi connectivity index (χ3v) is 2.74. The lowest BCUT2D eigenvalue weighted by Gasteiger charge is -2.07. The van der Waals surface area contributed by atoms with Gasteiger partial charge < -0.3 is 0 Å². The molecule has 20 heavy (non-hydrogen) atoms. The molecule has 0 amide bonds. The van der Waals surface area contributed by atoms with E-state index in [9.17, 15) is 26.7 Å². The first kappa shape index (κ1) is 14.2. The van der Waals surface area contributed by atoms with Crippen LogP contribution >= 0.6 is 0 Å². The summed E-state index contributed by atoms with van der Waals surface area (Å²) in [6, 6.07) is 3.71. The van der Waals surface area contributed by atoms with Crippen LogP contribution in [0.25, 0.3) is 11.1 Å². The van der Waals surface area contributed by atoms with E-state index in [1.807, 2.05) is 0 Å². The van der Waals surface area contributed by atoms with Crippen molar-refractivity contribution in [1.82, 2.24) is 0 Å². The van der Waals surface area contributed by atoms with E-state index in [0.29, 0.717) is 6.07 Å². The molecule has 0 radical (unpaired) electrons. The number of carbonyl (C=O) groups excluding carboxylic acids is 1. The van der Waals surface area contributed by atoms with Gasteiger partial charge in [-0.25, -0.2) is 17.6 Å². The van der Waals surface area contributed by atoms with E-state index in [-0.39, 0.29) is 11.1 Å². The fourth-order valence-corrected chi connectivity index (χ4v) is 1.74. The van der Waals surface area contributed by atoms with E-state index in [1.165, 1.54) is 0 Å². The van der Waals surface area contributed by atoms with Crippen molar-refractivity contribution in [2.45, 2.75) is 6.43 Å². The molecule has 0 fully saturated rings. The van der Waals surface area contributed by atoms with Crippen LogP contribution in [0.2, 0.25) is 0 Å². The van der Waals surface area contributed by atoms with Crippen LogP contribution in [0.4, 0.5) is 22.0 Å². The molecule has 104 valence electrons. The maximum Gasteiger partial charge on any atom is 0.332 e. The molecule has 0 aliphatic carbocycles. The minimum atomic E-state index is -2.97. The van der Waals surface area contributed by atoms with E-state index in [1.54, 1.807) is 0 Å². The van der Waals surface area contributed by atoms with Gasteiger partial charge in [0.2, 0.25) is 0 Å². The minimum Gasteiger partial charge on any atom is -0.255 e. The van der Waals surface area contributed by atoms with E-state index in [2.05, 4.69) is 0 Å². The summed E-state index contributed by atoms with van der Waals surface area (Å²) >= 11 is 0. The van der Waals surface area contributed by atoms with Gasteiger partial charge in [-0.3, -0.25) is 4.79 Å². The summed E-state index contributed by atoms with van der Waals surface area (Å²) in [7, 11) is 0. The summed E-state index contributed by atoms with van der Waals surface area (Å²) in [6.07, 6.45) is -2.97. The number of hydrogen-bond acceptors (Lipinski definition) is 1. The number of alkyl halides is 2. The molecule has 0 aliphatic rings. The van der Waals surface area contributed by atoms with Crippen LogP contribution in [0.1, 0.15) is 22.3 Å². The fraction of sp³-hybridized carbons (Fsp3) is 0.0714. The molecule has 0 heterocycles. The molecule has 1 nitrogen and oxygen atoms in total. The molecule has 2 aromatic carbocycles. The molecule has 6 heteroatoms. The Morgan fingerprint density at radius 1 is 0.950 bits per heavy atom.